The Morgan fingerprint density at radius 1 is 1.29 bits per heavy atom. The minimum absolute atomic E-state index is 0.188. The first-order chi connectivity index (χ1) is 8.26. The van der Waals surface area contributed by atoms with Crippen LogP contribution in [0.3, 0.4) is 0 Å². The molecular formula is C12H17N3OS. The Labute approximate surface area is 106 Å². The van der Waals surface area contributed by atoms with Crippen LogP contribution in [0.5, 0.6) is 0 Å². The molecule has 0 heterocycles. The van der Waals surface area contributed by atoms with Gasteiger partial charge in [-0.1, -0.05) is 25.1 Å². The summed E-state index contributed by atoms with van der Waals surface area (Å²) in [6.07, 6.45) is 0.784. The molecule has 17 heavy (non-hydrogen) atoms. The highest BCUT2D eigenvalue weighted by Gasteiger charge is 2.02. The summed E-state index contributed by atoms with van der Waals surface area (Å²) in [4.78, 5) is 15.7. The number of para-hydroxylation sites is 1. The van der Waals surface area contributed by atoms with E-state index in [9.17, 15) is 4.79 Å². The van der Waals surface area contributed by atoms with Gasteiger partial charge in [0.2, 0.25) is 0 Å². The number of aliphatic imine (C=N–C) groups is 1. The fourth-order valence-corrected chi connectivity index (χ4v) is 1.70. The molecule has 0 saturated heterocycles. The molecule has 0 bridgehead atoms. The number of hydrogen-bond acceptors (Lipinski definition) is 3. The molecule has 0 aliphatic heterocycles. The van der Waals surface area contributed by atoms with Crippen molar-refractivity contribution in [3.63, 3.8) is 0 Å². The number of benzene rings is 1. The maximum atomic E-state index is 11.2. The summed E-state index contributed by atoms with van der Waals surface area (Å²) in [6, 6.07) is 9.50. The Morgan fingerprint density at radius 2 is 2.00 bits per heavy atom. The second-order valence-corrected chi connectivity index (χ2v) is 4.14. The van der Waals surface area contributed by atoms with Crippen molar-refractivity contribution in [2.24, 2.45) is 4.99 Å². The van der Waals surface area contributed by atoms with Gasteiger partial charge in [0.05, 0.1) is 10.7 Å². The van der Waals surface area contributed by atoms with Crippen LogP contribution in [-0.2, 0) is 0 Å². The Hall–Kier alpha value is -1.49. The van der Waals surface area contributed by atoms with Gasteiger partial charge in [-0.15, -0.1) is 0 Å². The number of nitrogens with zero attached hydrogens (tertiary/aromatic N) is 1. The molecule has 4 nitrogen and oxygen atoms in total. The van der Waals surface area contributed by atoms with Crippen molar-refractivity contribution in [2.75, 3.05) is 6.54 Å². The van der Waals surface area contributed by atoms with Gasteiger partial charge in [0.25, 0.3) is 0 Å². The molecule has 0 saturated carbocycles. The monoisotopic (exact) mass is 251 g/mol. The van der Waals surface area contributed by atoms with Crippen LogP contribution in [0.4, 0.5) is 10.5 Å². The average Bonchev–Trinajstić information content (AvgIpc) is 2.36. The van der Waals surface area contributed by atoms with Crippen molar-refractivity contribution >= 4 is 28.7 Å². The van der Waals surface area contributed by atoms with Gasteiger partial charge >= 0.3 is 6.03 Å². The second kappa shape index (κ2) is 7.73. The van der Waals surface area contributed by atoms with E-state index in [1.54, 1.807) is 0 Å². The molecule has 2 amide bonds. The molecule has 0 atom stereocenters. The molecule has 1 aromatic rings. The molecule has 0 unspecified atom stereocenters. The minimum Gasteiger partial charge on any atom is -0.338 e. The van der Waals surface area contributed by atoms with Crippen molar-refractivity contribution in [1.82, 2.24) is 10.0 Å². The Bertz CT molecular complexity index is 379. The number of hydrogen-bond donors (Lipinski definition) is 2. The van der Waals surface area contributed by atoms with E-state index < -0.39 is 0 Å². The largest absolute Gasteiger partial charge is 0.338 e. The second-order valence-electron chi connectivity index (χ2n) is 3.26. The van der Waals surface area contributed by atoms with Crippen molar-refractivity contribution in [1.29, 1.82) is 0 Å². The molecule has 0 aliphatic rings. The highest BCUT2D eigenvalue weighted by molar-refractivity contribution is 8.12. The smallest absolute Gasteiger partial charge is 0.325 e. The van der Waals surface area contributed by atoms with Gasteiger partial charge in [0, 0.05) is 18.5 Å². The summed E-state index contributed by atoms with van der Waals surface area (Å²) in [6.45, 7) is 4.50. The van der Waals surface area contributed by atoms with E-state index in [0.717, 1.165) is 17.2 Å². The number of carbonyl (C=O) groups is 1. The number of urea groups is 1. The molecule has 5 heteroatoms. The summed E-state index contributed by atoms with van der Waals surface area (Å²) < 4.78 is 2.69. The molecule has 0 fully saturated rings. The Kier molecular flexibility index (Phi) is 6.17. The highest BCUT2D eigenvalue weighted by Crippen LogP contribution is 2.14. The van der Waals surface area contributed by atoms with E-state index in [1.165, 1.54) is 11.9 Å². The third kappa shape index (κ3) is 5.40. The molecule has 0 spiro atoms. The fraction of sp³-hybridized carbons (Fsp3) is 0.333. The topological polar surface area (TPSA) is 53.5 Å². The fourth-order valence-electron chi connectivity index (χ4n) is 1.12. The quantitative estimate of drug-likeness (QED) is 0.493. The molecular weight excluding hydrogens is 234 g/mol. The van der Waals surface area contributed by atoms with E-state index in [-0.39, 0.29) is 6.03 Å². The molecule has 0 radical (unpaired) electrons. The molecule has 92 valence electrons. The van der Waals surface area contributed by atoms with E-state index in [2.05, 4.69) is 15.0 Å². The minimum atomic E-state index is -0.188. The molecule has 0 aromatic heterocycles. The summed E-state index contributed by atoms with van der Waals surface area (Å²) in [5.41, 5.74) is 0.898. The van der Waals surface area contributed by atoms with Crippen LogP contribution in [0.1, 0.15) is 20.3 Å². The number of rotatable bonds is 3. The first kappa shape index (κ1) is 13.6. The summed E-state index contributed by atoms with van der Waals surface area (Å²) in [5.74, 6) is 0. The van der Waals surface area contributed by atoms with Crippen LogP contribution in [-0.4, -0.2) is 17.6 Å². The van der Waals surface area contributed by atoms with Crippen LogP contribution in [0, 0.1) is 0 Å². The van der Waals surface area contributed by atoms with Crippen LogP contribution in [0.15, 0.2) is 35.3 Å². The zero-order chi connectivity index (χ0) is 12.5. The summed E-state index contributed by atoms with van der Waals surface area (Å²) >= 11 is 1.25. The van der Waals surface area contributed by atoms with E-state index in [4.69, 9.17) is 0 Å². The molecule has 1 aromatic carbocycles. The summed E-state index contributed by atoms with van der Waals surface area (Å²) in [7, 11) is 0. The molecule has 2 N–H and O–H groups in total. The third-order valence-electron chi connectivity index (χ3n) is 1.91. The number of amides is 2. The standard InChI is InChI=1S/C12H17N3OS/c1-3-11(17-15-12(16)13-4-2)14-10-8-6-5-7-9-10/h5-9H,3-4H2,1-2H3,(H2,13,15,16). The maximum Gasteiger partial charge on any atom is 0.325 e. The van der Waals surface area contributed by atoms with Crippen molar-refractivity contribution < 1.29 is 4.79 Å². The normalized spacial score (nSPS) is 11.1. The van der Waals surface area contributed by atoms with Gasteiger partial charge < -0.3 is 5.32 Å². The third-order valence-corrected chi connectivity index (χ3v) is 2.81. The van der Waals surface area contributed by atoms with E-state index in [0.29, 0.717) is 6.54 Å². The van der Waals surface area contributed by atoms with Crippen molar-refractivity contribution in [3.8, 4) is 0 Å². The zero-order valence-electron chi connectivity index (χ0n) is 10.1. The zero-order valence-corrected chi connectivity index (χ0v) is 10.9. The number of carbonyl (C=O) groups excluding carboxylic acids is 1. The predicted molar refractivity (Wildman–Crippen MR) is 73.6 cm³/mol. The van der Waals surface area contributed by atoms with Gasteiger partial charge in [0.15, 0.2) is 0 Å². The first-order valence-electron chi connectivity index (χ1n) is 5.59. The van der Waals surface area contributed by atoms with Crippen LogP contribution < -0.4 is 10.0 Å². The van der Waals surface area contributed by atoms with Gasteiger partial charge in [-0.2, -0.15) is 0 Å². The summed E-state index contributed by atoms with van der Waals surface area (Å²) in [5, 5.41) is 3.54. The van der Waals surface area contributed by atoms with Gasteiger partial charge in [-0.3, -0.25) is 4.72 Å². The van der Waals surface area contributed by atoms with Crippen LogP contribution >= 0.6 is 11.9 Å². The lowest BCUT2D eigenvalue weighted by atomic mass is 10.3. The first-order valence-corrected chi connectivity index (χ1v) is 6.41. The lowest BCUT2D eigenvalue weighted by Crippen LogP contribution is -2.31. The van der Waals surface area contributed by atoms with Gasteiger partial charge in [0.1, 0.15) is 0 Å². The Morgan fingerprint density at radius 3 is 2.59 bits per heavy atom. The van der Waals surface area contributed by atoms with Crippen LogP contribution in [0.25, 0.3) is 0 Å². The Balaban J connectivity index is 2.54. The SMILES string of the molecule is CCNC(=O)NSC(CC)=Nc1ccccc1. The lowest BCUT2D eigenvalue weighted by molar-refractivity contribution is 0.247. The van der Waals surface area contributed by atoms with Gasteiger partial charge in [-0.05, 0) is 25.5 Å². The maximum absolute atomic E-state index is 11.2. The number of nitrogens with one attached hydrogen (secondary N) is 2. The van der Waals surface area contributed by atoms with E-state index in [1.807, 2.05) is 44.2 Å². The van der Waals surface area contributed by atoms with Crippen LogP contribution in [0.2, 0.25) is 0 Å². The van der Waals surface area contributed by atoms with Crippen molar-refractivity contribution in [3.05, 3.63) is 30.3 Å². The lowest BCUT2D eigenvalue weighted by Gasteiger charge is -2.06. The highest BCUT2D eigenvalue weighted by atomic mass is 32.2. The van der Waals surface area contributed by atoms with Crippen molar-refractivity contribution in [2.45, 2.75) is 20.3 Å². The average molecular weight is 251 g/mol. The molecule has 0 aliphatic carbocycles. The molecule has 1 rings (SSSR count). The van der Waals surface area contributed by atoms with Gasteiger partial charge in [-0.25, -0.2) is 9.79 Å². The predicted octanol–water partition coefficient (Wildman–Crippen LogP) is 3.09. The van der Waals surface area contributed by atoms with E-state index >= 15 is 0 Å².